The maximum absolute atomic E-state index is 12.9. The summed E-state index contributed by atoms with van der Waals surface area (Å²) in [6.45, 7) is 0.596. The molecule has 104 valence electrons. The van der Waals surface area contributed by atoms with Crippen LogP contribution in [0.3, 0.4) is 0 Å². The van der Waals surface area contributed by atoms with E-state index in [4.69, 9.17) is 16.3 Å². The number of nitrogens with one attached hydrogen (secondary N) is 2. The number of carbonyl (C=O) groups excluding carboxylic acids is 2. The second-order valence-electron chi connectivity index (χ2n) is 3.65. The number of hydrogen-bond donors (Lipinski definition) is 2. The first-order valence-corrected chi connectivity index (χ1v) is 5.91. The first kappa shape index (κ1) is 15.4. The average Bonchev–Trinajstić information content (AvgIpc) is 2.39. The largest absolute Gasteiger partial charge is 0.383 e. The third kappa shape index (κ3) is 5.23. The molecule has 0 bridgehead atoms. The predicted molar refractivity (Wildman–Crippen MR) is 68.6 cm³/mol. The van der Waals surface area contributed by atoms with Crippen molar-refractivity contribution in [2.75, 3.05) is 26.8 Å². The topological polar surface area (TPSA) is 67.4 Å². The summed E-state index contributed by atoms with van der Waals surface area (Å²) in [6.07, 6.45) is 0. The normalized spacial score (nSPS) is 10.1. The first-order chi connectivity index (χ1) is 9.04. The van der Waals surface area contributed by atoms with Crippen molar-refractivity contribution in [3.8, 4) is 0 Å². The van der Waals surface area contributed by atoms with E-state index in [9.17, 15) is 14.0 Å². The molecule has 0 aliphatic rings. The highest BCUT2D eigenvalue weighted by Crippen LogP contribution is 2.15. The Morgan fingerprint density at radius 2 is 2.11 bits per heavy atom. The standard InChI is InChI=1S/C12H14ClFN2O3/c1-19-5-4-15-11(17)7-16-12(18)8-2-3-10(14)9(13)6-8/h2-3,6H,4-5,7H2,1H3,(H,15,17)(H,16,18). The molecule has 0 aromatic heterocycles. The Kier molecular flexibility index (Phi) is 6.24. The van der Waals surface area contributed by atoms with E-state index in [0.29, 0.717) is 13.2 Å². The zero-order chi connectivity index (χ0) is 14.3. The average molecular weight is 289 g/mol. The van der Waals surface area contributed by atoms with Gasteiger partial charge in [0.15, 0.2) is 0 Å². The molecule has 19 heavy (non-hydrogen) atoms. The molecule has 0 aliphatic heterocycles. The maximum atomic E-state index is 12.9. The van der Waals surface area contributed by atoms with Gasteiger partial charge in [-0.15, -0.1) is 0 Å². The molecule has 1 aromatic carbocycles. The quantitative estimate of drug-likeness (QED) is 0.767. The lowest BCUT2D eigenvalue weighted by atomic mass is 10.2. The van der Waals surface area contributed by atoms with Crippen LogP contribution in [0, 0.1) is 5.82 Å². The number of benzene rings is 1. The van der Waals surface area contributed by atoms with Crippen LogP contribution in [0.2, 0.25) is 5.02 Å². The van der Waals surface area contributed by atoms with Gasteiger partial charge < -0.3 is 15.4 Å². The highest BCUT2D eigenvalue weighted by Gasteiger charge is 2.10. The van der Waals surface area contributed by atoms with Gasteiger partial charge >= 0.3 is 0 Å². The molecule has 0 radical (unpaired) electrons. The van der Waals surface area contributed by atoms with Gasteiger partial charge in [0.1, 0.15) is 5.82 Å². The summed E-state index contributed by atoms with van der Waals surface area (Å²) in [4.78, 5) is 23.0. The van der Waals surface area contributed by atoms with Crippen LogP contribution < -0.4 is 10.6 Å². The molecule has 0 spiro atoms. The van der Waals surface area contributed by atoms with Crippen LogP contribution in [0.5, 0.6) is 0 Å². The van der Waals surface area contributed by atoms with E-state index in [2.05, 4.69) is 10.6 Å². The smallest absolute Gasteiger partial charge is 0.251 e. The van der Waals surface area contributed by atoms with Gasteiger partial charge in [-0.3, -0.25) is 9.59 Å². The molecule has 0 saturated heterocycles. The molecule has 0 heterocycles. The number of carbonyl (C=O) groups is 2. The second-order valence-corrected chi connectivity index (χ2v) is 4.06. The highest BCUT2D eigenvalue weighted by atomic mass is 35.5. The van der Waals surface area contributed by atoms with E-state index in [-0.39, 0.29) is 23.0 Å². The maximum Gasteiger partial charge on any atom is 0.251 e. The SMILES string of the molecule is COCCNC(=O)CNC(=O)c1ccc(F)c(Cl)c1. The van der Waals surface area contributed by atoms with Gasteiger partial charge in [-0.2, -0.15) is 0 Å². The number of hydrogen-bond acceptors (Lipinski definition) is 3. The van der Waals surface area contributed by atoms with E-state index in [1.54, 1.807) is 0 Å². The van der Waals surface area contributed by atoms with E-state index in [0.717, 1.165) is 6.07 Å². The van der Waals surface area contributed by atoms with E-state index in [1.165, 1.54) is 19.2 Å². The van der Waals surface area contributed by atoms with Crippen molar-refractivity contribution in [1.82, 2.24) is 10.6 Å². The Balaban J connectivity index is 2.42. The summed E-state index contributed by atoms with van der Waals surface area (Å²) in [5.74, 6) is -1.43. The van der Waals surface area contributed by atoms with Crippen molar-refractivity contribution < 1.29 is 18.7 Å². The van der Waals surface area contributed by atoms with Gasteiger partial charge in [0.05, 0.1) is 18.2 Å². The summed E-state index contributed by atoms with van der Waals surface area (Å²) in [6, 6.07) is 3.59. The first-order valence-electron chi connectivity index (χ1n) is 5.53. The molecule has 0 fully saturated rings. The van der Waals surface area contributed by atoms with Crippen molar-refractivity contribution in [2.45, 2.75) is 0 Å². The minimum Gasteiger partial charge on any atom is -0.383 e. The lowest BCUT2D eigenvalue weighted by Gasteiger charge is -2.07. The molecule has 0 aliphatic carbocycles. The molecule has 7 heteroatoms. The third-order valence-electron chi connectivity index (χ3n) is 2.22. The summed E-state index contributed by atoms with van der Waals surface area (Å²) in [5, 5.41) is 4.80. The molecule has 2 amide bonds. The number of amides is 2. The fourth-order valence-corrected chi connectivity index (χ4v) is 1.44. The van der Waals surface area contributed by atoms with Crippen molar-refractivity contribution in [2.24, 2.45) is 0 Å². The summed E-state index contributed by atoms with van der Waals surface area (Å²) < 4.78 is 17.7. The predicted octanol–water partition coefficient (Wildman–Crippen LogP) is 0.972. The molecule has 0 saturated carbocycles. The molecular formula is C12H14ClFN2O3. The van der Waals surface area contributed by atoms with Crippen LogP contribution in [0.4, 0.5) is 4.39 Å². The van der Waals surface area contributed by atoms with E-state index in [1.807, 2.05) is 0 Å². The van der Waals surface area contributed by atoms with E-state index < -0.39 is 11.7 Å². The third-order valence-corrected chi connectivity index (χ3v) is 2.51. The minimum absolute atomic E-state index is 0.141. The van der Waals surface area contributed by atoms with Gasteiger partial charge in [-0.25, -0.2) is 4.39 Å². The minimum atomic E-state index is -0.601. The van der Waals surface area contributed by atoms with Crippen LogP contribution in [0.25, 0.3) is 0 Å². The zero-order valence-electron chi connectivity index (χ0n) is 10.3. The van der Waals surface area contributed by atoms with Crippen molar-refractivity contribution >= 4 is 23.4 Å². The number of ether oxygens (including phenoxy) is 1. The van der Waals surface area contributed by atoms with Gasteiger partial charge in [0, 0.05) is 19.2 Å². The van der Waals surface area contributed by atoms with Crippen molar-refractivity contribution in [3.05, 3.63) is 34.6 Å². The Morgan fingerprint density at radius 3 is 2.74 bits per heavy atom. The van der Waals surface area contributed by atoms with Gasteiger partial charge in [0.2, 0.25) is 5.91 Å². The Labute approximate surface area is 115 Å². The molecular weight excluding hydrogens is 275 g/mol. The summed E-state index contributed by atoms with van der Waals surface area (Å²) in [7, 11) is 1.52. The van der Waals surface area contributed by atoms with Crippen molar-refractivity contribution in [1.29, 1.82) is 0 Å². The van der Waals surface area contributed by atoms with Crippen LogP contribution in [0.15, 0.2) is 18.2 Å². The number of halogens is 2. The zero-order valence-corrected chi connectivity index (χ0v) is 11.1. The lowest BCUT2D eigenvalue weighted by Crippen LogP contribution is -2.38. The van der Waals surface area contributed by atoms with Gasteiger partial charge in [-0.05, 0) is 18.2 Å². The lowest BCUT2D eigenvalue weighted by molar-refractivity contribution is -0.120. The van der Waals surface area contributed by atoms with Gasteiger partial charge in [0.25, 0.3) is 5.91 Å². The van der Waals surface area contributed by atoms with Crippen LogP contribution in [-0.4, -0.2) is 38.6 Å². The Hall–Kier alpha value is -1.66. The summed E-state index contributed by atoms with van der Waals surface area (Å²) in [5.41, 5.74) is 0.191. The fourth-order valence-electron chi connectivity index (χ4n) is 1.26. The molecule has 5 nitrogen and oxygen atoms in total. The molecule has 2 N–H and O–H groups in total. The number of rotatable bonds is 6. The monoisotopic (exact) mass is 288 g/mol. The Bertz CT molecular complexity index is 468. The summed E-state index contributed by atoms with van der Waals surface area (Å²) >= 11 is 5.56. The Morgan fingerprint density at radius 1 is 1.37 bits per heavy atom. The molecule has 1 aromatic rings. The molecule has 0 atom stereocenters. The molecule has 1 rings (SSSR count). The van der Waals surface area contributed by atoms with Crippen molar-refractivity contribution in [3.63, 3.8) is 0 Å². The number of methoxy groups -OCH3 is 1. The second kappa shape index (κ2) is 7.70. The highest BCUT2D eigenvalue weighted by molar-refractivity contribution is 6.31. The van der Waals surface area contributed by atoms with Crippen LogP contribution in [-0.2, 0) is 9.53 Å². The van der Waals surface area contributed by atoms with Gasteiger partial charge in [-0.1, -0.05) is 11.6 Å². The molecule has 0 unspecified atom stereocenters. The van der Waals surface area contributed by atoms with Crippen LogP contribution in [0.1, 0.15) is 10.4 Å². The fraction of sp³-hybridized carbons (Fsp3) is 0.333. The van der Waals surface area contributed by atoms with Crippen LogP contribution >= 0.6 is 11.6 Å². The van der Waals surface area contributed by atoms with E-state index >= 15 is 0 Å².